The maximum atomic E-state index is 6.27. The van der Waals surface area contributed by atoms with Crippen molar-refractivity contribution in [2.75, 3.05) is 19.6 Å². The molecule has 3 nitrogen and oxygen atoms in total. The minimum Gasteiger partial charge on any atom is -0.368 e. The van der Waals surface area contributed by atoms with Gasteiger partial charge >= 0.3 is 0 Å². The Kier molecular flexibility index (Phi) is 4.05. The molecule has 2 heterocycles. The lowest BCUT2D eigenvalue weighted by molar-refractivity contribution is -0.0836. The van der Waals surface area contributed by atoms with Crippen LogP contribution in [0.5, 0.6) is 0 Å². The van der Waals surface area contributed by atoms with Crippen LogP contribution < -0.4 is 5.32 Å². The van der Waals surface area contributed by atoms with Gasteiger partial charge in [0, 0.05) is 18.6 Å². The zero-order chi connectivity index (χ0) is 13.4. The second kappa shape index (κ2) is 5.10. The molecule has 0 spiro atoms. The van der Waals surface area contributed by atoms with Crippen LogP contribution in [0.4, 0.5) is 0 Å². The Morgan fingerprint density at radius 2 is 2.00 bits per heavy atom. The predicted molar refractivity (Wildman–Crippen MR) is 75.9 cm³/mol. The summed E-state index contributed by atoms with van der Waals surface area (Å²) in [5.41, 5.74) is -0.00650. The average molecular weight is 254 g/mol. The Labute approximate surface area is 112 Å². The lowest BCUT2D eigenvalue weighted by Gasteiger charge is -2.39. The molecule has 0 aromatic rings. The molecule has 2 saturated heterocycles. The molecule has 2 rings (SSSR count). The summed E-state index contributed by atoms with van der Waals surface area (Å²) in [6, 6.07) is 1.25. The molecule has 0 amide bonds. The zero-order valence-corrected chi connectivity index (χ0v) is 12.8. The molecular formula is C15H30N2O. The summed E-state index contributed by atoms with van der Waals surface area (Å²) in [5, 5.41) is 3.50. The highest BCUT2D eigenvalue weighted by Crippen LogP contribution is 2.41. The van der Waals surface area contributed by atoms with Gasteiger partial charge in [-0.2, -0.15) is 0 Å². The van der Waals surface area contributed by atoms with Gasteiger partial charge in [-0.25, -0.2) is 0 Å². The summed E-state index contributed by atoms with van der Waals surface area (Å²) in [6.45, 7) is 14.8. The van der Waals surface area contributed by atoms with Crippen molar-refractivity contribution < 1.29 is 4.74 Å². The van der Waals surface area contributed by atoms with E-state index >= 15 is 0 Å². The van der Waals surface area contributed by atoms with Crippen molar-refractivity contribution in [2.24, 2.45) is 0 Å². The molecule has 0 bridgehead atoms. The van der Waals surface area contributed by atoms with Gasteiger partial charge in [0.15, 0.2) is 0 Å². The van der Waals surface area contributed by atoms with E-state index in [9.17, 15) is 0 Å². The number of hydrogen-bond donors (Lipinski definition) is 1. The SMILES string of the molecule is CCCN(C1CCNC1)C1CC(C)(C)OC1(C)C. The van der Waals surface area contributed by atoms with Crippen LogP contribution in [0.15, 0.2) is 0 Å². The Bertz CT molecular complexity index is 282. The maximum Gasteiger partial charge on any atom is 0.0789 e. The number of ether oxygens (including phenoxy) is 1. The molecule has 1 N–H and O–H groups in total. The third kappa shape index (κ3) is 2.89. The minimum absolute atomic E-state index is 0.0200. The standard InChI is InChI=1S/C15H30N2O/c1-6-9-17(12-7-8-16-11-12)13-10-14(2,3)18-15(13,4)5/h12-13,16H,6-11H2,1-5H3. The molecule has 0 radical (unpaired) electrons. The van der Waals surface area contributed by atoms with Gasteiger partial charge in [-0.05, 0) is 60.0 Å². The van der Waals surface area contributed by atoms with Crippen LogP contribution in [0.2, 0.25) is 0 Å². The van der Waals surface area contributed by atoms with Crippen molar-refractivity contribution in [1.82, 2.24) is 10.2 Å². The molecule has 2 fully saturated rings. The number of hydrogen-bond acceptors (Lipinski definition) is 3. The first-order valence-electron chi connectivity index (χ1n) is 7.52. The molecule has 2 unspecified atom stereocenters. The van der Waals surface area contributed by atoms with Gasteiger partial charge in [0.05, 0.1) is 11.2 Å². The van der Waals surface area contributed by atoms with Crippen LogP contribution in [-0.2, 0) is 4.74 Å². The van der Waals surface area contributed by atoms with Gasteiger partial charge in [0.25, 0.3) is 0 Å². The molecule has 2 atom stereocenters. The van der Waals surface area contributed by atoms with Gasteiger partial charge in [-0.1, -0.05) is 6.92 Å². The molecular weight excluding hydrogens is 224 g/mol. The topological polar surface area (TPSA) is 24.5 Å². The normalized spacial score (nSPS) is 34.3. The van der Waals surface area contributed by atoms with Crippen molar-refractivity contribution in [2.45, 2.75) is 77.2 Å². The van der Waals surface area contributed by atoms with Crippen LogP contribution >= 0.6 is 0 Å². The summed E-state index contributed by atoms with van der Waals surface area (Å²) in [7, 11) is 0. The van der Waals surface area contributed by atoms with E-state index in [4.69, 9.17) is 4.74 Å². The number of nitrogens with zero attached hydrogens (tertiary/aromatic N) is 1. The molecule has 106 valence electrons. The highest BCUT2D eigenvalue weighted by molar-refractivity contribution is 5.02. The monoisotopic (exact) mass is 254 g/mol. The van der Waals surface area contributed by atoms with Gasteiger partial charge in [-0.3, -0.25) is 4.90 Å². The summed E-state index contributed by atoms with van der Waals surface area (Å²) in [4.78, 5) is 2.72. The maximum absolute atomic E-state index is 6.27. The van der Waals surface area contributed by atoms with E-state index in [1.54, 1.807) is 0 Å². The molecule has 18 heavy (non-hydrogen) atoms. The number of rotatable bonds is 4. The zero-order valence-electron chi connectivity index (χ0n) is 12.8. The third-order valence-electron chi connectivity index (χ3n) is 4.41. The minimum atomic E-state index is -0.0265. The molecule has 0 saturated carbocycles. The van der Waals surface area contributed by atoms with Gasteiger partial charge < -0.3 is 10.1 Å². The van der Waals surface area contributed by atoms with E-state index in [0.717, 1.165) is 13.0 Å². The van der Waals surface area contributed by atoms with Gasteiger partial charge in [0.1, 0.15) is 0 Å². The fourth-order valence-electron chi connectivity index (χ4n) is 3.82. The number of nitrogens with one attached hydrogen (secondary N) is 1. The van der Waals surface area contributed by atoms with Crippen molar-refractivity contribution in [1.29, 1.82) is 0 Å². The Balaban J connectivity index is 2.14. The lowest BCUT2D eigenvalue weighted by atomic mass is 9.91. The average Bonchev–Trinajstić information content (AvgIpc) is 2.80. The Morgan fingerprint density at radius 3 is 2.44 bits per heavy atom. The Hall–Kier alpha value is -0.120. The van der Waals surface area contributed by atoms with E-state index < -0.39 is 0 Å². The summed E-state index contributed by atoms with van der Waals surface area (Å²) < 4.78 is 6.27. The van der Waals surface area contributed by atoms with E-state index in [1.165, 1.54) is 25.9 Å². The lowest BCUT2D eigenvalue weighted by Crippen LogP contribution is -2.52. The fraction of sp³-hybridized carbons (Fsp3) is 1.00. The second-order valence-corrected chi connectivity index (χ2v) is 7.07. The Morgan fingerprint density at radius 1 is 1.28 bits per heavy atom. The summed E-state index contributed by atoms with van der Waals surface area (Å²) >= 11 is 0. The van der Waals surface area contributed by atoms with Crippen LogP contribution in [0.25, 0.3) is 0 Å². The van der Waals surface area contributed by atoms with E-state index in [2.05, 4.69) is 44.8 Å². The van der Waals surface area contributed by atoms with Crippen molar-refractivity contribution in [3.8, 4) is 0 Å². The molecule has 2 aliphatic heterocycles. The van der Waals surface area contributed by atoms with Crippen LogP contribution in [0.3, 0.4) is 0 Å². The summed E-state index contributed by atoms with van der Waals surface area (Å²) in [5.74, 6) is 0. The largest absolute Gasteiger partial charge is 0.368 e. The third-order valence-corrected chi connectivity index (χ3v) is 4.41. The first-order valence-corrected chi connectivity index (χ1v) is 7.52. The fourth-order valence-corrected chi connectivity index (χ4v) is 3.82. The van der Waals surface area contributed by atoms with Crippen LogP contribution in [0.1, 0.15) is 53.9 Å². The molecule has 0 aromatic heterocycles. The first-order chi connectivity index (χ1) is 8.36. The van der Waals surface area contributed by atoms with Crippen molar-refractivity contribution in [3.63, 3.8) is 0 Å². The molecule has 0 aromatic carbocycles. The van der Waals surface area contributed by atoms with Gasteiger partial charge in [-0.15, -0.1) is 0 Å². The van der Waals surface area contributed by atoms with E-state index in [1.807, 2.05) is 0 Å². The first kappa shape index (κ1) is 14.3. The molecule has 2 aliphatic rings. The second-order valence-electron chi connectivity index (χ2n) is 7.07. The summed E-state index contributed by atoms with van der Waals surface area (Å²) in [6.07, 6.45) is 3.66. The van der Waals surface area contributed by atoms with E-state index in [-0.39, 0.29) is 11.2 Å². The highest BCUT2D eigenvalue weighted by Gasteiger charge is 2.49. The van der Waals surface area contributed by atoms with Gasteiger partial charge in [0.2, 0.25) is 0 Å². The molecule has 0 aliphatic carbocycles. The highest BCUT2D eigenvalue weighted by atomic mass is 16.5. The van der Waals surface area contributed by atoms with E-state index in [0.29, 0.717) is 12.1 Å². The quantitative estimate of drug-likeness (QED) is 0.834. The van der Waals surface area contributed by atoms with Crippen molar-refractivity contribution >= 4 is 0 Å². The van der Waals surface area contributed by atoms with Crippen LogP contribution in [0, 0.1) is 0 Å². The van der Waals surface area contributed by atoms with Crippen molar-refractivity contribution in [3.05, 3.63) is 0 Å². The van der Waals surface area contributed by atoms with Crippen LogP contribution in [-0.4, -0.2) is 47.8 Å². The smallest absolute Gasteiger partial charge is 0.0789 e. The molecule has 3 heteroatoms. The predicted octanol–water partition coefficient (Wildman–Crippen LogP) is 2.41.